The van der Waals surface area contributed by atoms with Crippen LogP contribution in [-0.4, -0.2) is 23.3 Å². The highest BCUT2D eigenvalue weighted by molar-refractivity contribution is 7.16. The molecule has 0 saturated heterocycles. The van der Waals surface area contributed by atoms with Crippen LogP contribution >= 0.6 is 22.9 Å². The minimum Gasteiger partial charge on any atom is -0.334 e. The van der Waals surface area contributed by atoms with Crippen LogP contribution in [0.25, 0.3) is 0 Å². The van der Waals surface area contributed by atoms with E-state index in [1.54, 1.807) is 41.3 Å². The minimum atomic E-state index is -0.181. The zero-order chi connectivity index (χ0) is 19.2. The average molecular weight is 399 g/mol. The van der Waals surface area contributed by atoms with Crippen molar-refractivity contribution in [2.75, 3.05) is 11.9 Å². The largest absolute Gasteiger partial charge is 0.334 e. The van der Waals surface area contributed by atoms with Gasteiger partial charge < -0.3 is 10.2 Å². The van der Waals surface area contributed by atoms with Gasteiger partial charge in [0.25, 0.3) is 11.8 Å². The van der Waals surface area contributed by atoms with Crippen LogP contribution in [0.4, 0.5) is 5.69 Å². The molecule has 138 valence electrons. The maximum absolute atomic E-state index is 12.8. The van der Waals surface area contributed by atoms with E-state index in [0.29, 0.717) is 34.2 Å². The van der Waals surface area contributed by atoms with Gasteiger partial charge in [-0.2, -0.15) is 0 Å². The average Bonchev–Trinajstić information content (AvgIpc) is 3.11. The van der Waals surface area contributed by atoms with E-state index >= 15 is 0 Å². The molecular formula is C21H19ClN2O2S. The number of thiophene rings is 1. The van der Waals surface area contributed by atoms with Gasteiger partial charge in [-0.1, -0.05) is 29.8 Å². The predicted molar refractivity (Wildman–Crippen MR) is 111 cm³/mol. The van der Waals surface area contributed by atoms with Crippen molar-refractivity contribution in [1.29, 1.82) is 0 Å². The van der Waals surface area contributed by atoms with Crippen molar-refractivity contribution in [1.82, 2.24) is 4.90 Å². The molecule has 0 aliphatic carbocycles. The number of hydrogen-bond donors (Lipinski definition) is 1. The summed E-state index contributed by atoms with van der Waals surface area (Å²) in [6, 6.07) is 19.7. The summed E-state index contributed by atoms with van der Waals surface area (Å²) in [5.41, 5.74) is 1.81. The monoisotopic (exact) mass is 398 g/mol. The first kappa shape index (κ1) is 19.1. The number of benzene rings is 2. The van der Waals surface area contributed by atoms with Gasteiger partial charge >= 0.3 is 0 Å². The van der Waals surface area contributed by atoms with Crippen LogP contribution in [0.3, 0.4) is 0 Å². The molecule has 0 aliphatic heterocycles. The minimum absolute atomic E-state index is 0.0528. The molecule has 6 heteroatoms. The second-order valence-electron chi connectivity index (χ2n) is 5.92. The van der Waals surface area contributed by atoms with E-state index < -0.39 is 0 Å². The topological polar surface area (TPSA) is 49.4 Å². The van der Waals surface area contributed by atoms with Gasteiger partial charge in [0.05, 0.1) is 10.9 Å². The van der Waals surface area contributed by atoms with Crippen LogP contribution in [0.5, 0.6) is 0 Å². The second-order valence-corrected chi connectivity index (χ2v) is 7.72. The van der Waals surface area contributed by atoms with Crippen LogP contribution in [-0.2, 0) is 6.54 Å². The molecule has 0 aliphatic rings. The standard InChI is InChI=1S/C21H19ClN2O2S/c1-2-24(14-18-12-13-19(22)27-18)21(26)16-8-10-17(11-9-16)23-20(25)15-6-4-3-5-7-15/h3-13H,2,14H2,1H3,(H,23,25). The smallest absolute Gasteiger partial charge is 0.255 e. The Morgan fingerprint density at radius 2 is 1.67 bits per heavy atom. The molecule has 0 spiro atoms. The van der Waals surface area contributed by atoms with Crippen LogP contribution in [0, 0.1) is 0 Å². The van der Waals surface area contributed by atoms with E-state index in [0.717, 1.165) is 4.88 Å². The van der Waals surface area contributed by atoms with Gasteiger partial charge in [0, 0.05) is 28.2 Å². The van der Waals surface area contributed by atoms with Crippen LogP contribution in [0.15, 0.2) is 66.7 Å². The van der Waals surface area contributed by atoms with E-state index in [1.165, 1.54) is 11.3 Å². The third-order valence-corrected chi connectivity index (χ3v) is 5.29. The Kier molecular flexibility index (Phi) is 6.27. The number of anilines is 1. The number of rotatable bonds is 6. The van der Waals surface area contributed by atoms with Crippen LogP contribution in [0.2, 0.25) is 4.34 Å². The van der Waals surface area contributed by atoms with E-state index in [4.69, 9.17) is 11.6 Å². The molecule has 0 saturated carbocycles. The molecule has 0 fully saturated rings. The van der Waals surface area contributed by atoms with E-state index in [2.05, 4.69) is 5.32 Å². The highest BCUT2D eigenvalue weighted by Crippen LogP contribution is 2.23. The molecule has 1 aromatic heterocycles. The number of nitrogens with one attached hydrogen (secondary N) is 1. The number of nitrogens with zero attached hydrogens (tertiary/aromatic N) is 1. The number of carbonyl (C=O) groups is 2. The SMILES string of the molecule is CCN(Cc1ccc(Cl)s1)C(=O)c1ccc(NC(=O)c2ccccc2)cc1. The maximum atomic E-state index is 12.8. The lowest BCUT2D eigenvalue weighted by Gasteiger charge is -2.20. The summed E-state index contributed by atoms with van der Waals surface area (Å²) in [5, 5.41) is 2.83. The Bertz CT molecular complexity index is 923. The second kappa shape index (κ2) is 8.84. The zero-order valence-electron chi connectivity index (χ0n) is 14.8. The molecule has 1 heterocycles. The van der Waals surface area contributed by atoms with Gasteiger partial charge in [-0.05, 0) is 55.5 Å². The van der Waals surface area contributed by atoms with Crippen molar-refractivity contribution in [3.8, 4) is 0 Å². The summed E-state index contributed by atoms with van der Waals surface area (Å²) in [6.07, 6.45) is 0. The molecule has 1 N–H and O–H groups in total. The van der Waals surface area contributed by atoms with Gasteiger partial charge in [-0.3, -0.25) is 9.59 Å². The van der Waals surface area contributed by atoms with Crippen molar-refractivity contribution in [2.45, 2.75) is 13.5 Å². The summed E-state index contributed by atoms with van der Waals surface area (Å²) in [5.74, 6) is -0.234. The van der Waals surface area contributed by atoms with Crippen molar-refractivity contribution >= 4 is 40.4 Å². The summed E-state index contributed by atoms with van der Waals surface area (Å²) in [4.78, 5) is 27.8. The van der Waals surface area contributed by atoms with Crippen molar-refractivity contribution in [3.05, 3.63) is 87.1 Å². The molecular weight excluding hydrogens is 380 g/mol. The number of amides is 2. The first-order valence-electron chi connectivity index (χ1n) is 8.56. The Hall–Kier alpha value is -2.63. The van der Waals surface area contributed by atoms with E-state index in [9.17, 15) is 9.59 Å². The molecule has 0 atom stereocenters. The molecule has 4 nitrogen and oxygen atoms in total. The Labute approximate surface area is 167 Å². The maximum Gasteiger partial charge on any atom is 0.255 e. The predicted octanol–water partition coefficient (Wildman–Crippen LogP) is 5.32. The number of carbonyl (C=O) groups excluding carboxylic acids is 2. The third kappa shape index (κ3) is 4.96. The van der Waals surface area contributed by atoms with Crippen molar-refractivity contribution in [3.63, 3.8) is 0 Å². The first-order valence-corrected chi connectivity index (χ1v) is 9.76. The third-order valence-electron chi connectivity index (χ3n) is 4.07. The van der Waals surface area contributed by atoms with Crippen molar-refractivity contribution in [2.24, 2.45) is 0 Å². The highest BCUT2D eigenvalue weighted by atomic mass is 35.5. The molecule has 0 bridgehead atoms. The summed E-state index contributed by atoms with van der Waals surface area (Å²) < 4.78 is 0.715. The van der Waals surface area contributed by atoms with Crippen LogP contribution < -0.4 is 5.32 Å². The lowest BCUT2D eigenvalue weighted by atomic mass is 10.1. The Morgan fingerprint density at radius 3 is 2.26 bits per heavy atom. The van der Waals surface area contributed by atoms with E-state index in [-0.39, 0.29) is 11.8 Å². The van der Waals surface area contributed by atoms with Gasteiger partial charge in [-0.15, -0.1) is 11.3 Å². The Morgan fingerprint density at radius 1 is 0.963 bits per heavy atom. The molecule has 3 rings (SSSR count). The zero-order valence-corrected chi connectivity index (χ0v) is 16.4. The van der Waals surface area contributed by atoms with Gasteiger partial charge in [0.1, 0.15) is 0 Å². The normalized spacial score (nSPS) is 10.4. The highest BCUT2D eigenvalue weighted by Gasteiger charge is 2.15. The molecule has 3 aromatic rings. The number of hydrogen-bond acceptors (Lipinski definition) is 3. The first-order chi connectivity index (χ1) is 13.1. The summed E-state index contributed by atoms with van der Waals surface area (Å²) >= 11 is 7.44. The lowest BCUT2D eigenvalue weighted by molar-refractivity contribution is 0.0754. The van der Waals surface area contributed by atoms with E-state index in [1.807, 2.05) is 37.3 Å². The van der Waals surface area contributed by atoms with Gasteiger partial charge in [-0.25, -0.2) is 0 Å². The fraction of sp³-hybridized carbons (Fsp3) is 0.143. The van der Waals surface area contributed by atoms with Crippen molar-refractivity contribution < 1.29 is 9.59 Å². The summed E-state index contributed by atoms with van der Waals surface area (Å²) in [6.45, 7) is 3.07. The summed E-state index contributed by atoms with van der Waals surface area (Å²) in [7, 11) is 0. The fourth-order valence-corrected chi connectivity index (χ4v) is 3.73. The van der Waals surface area contributed by atoms with Crippen LogP contribution in [0.1, 0.15) is 32.5 Å². The molecule has 0 unspecified atom stereocenters. The molecule has 27 heavy (non-hydrogen) atoms. The molecule has 0 radical (unpaired) electrons. The molecule has 2 aromatic carbocycles. The number of halogens is 1. The van der Waals surface area contributed by atoms with Gasteiger partial charge in [0.15, 0.2) is 0 Å². The quantitative estimate of drug-likeness (QED) is 0.611. The van der Waals surface area contributed by atoms with Gasteiger partial charge in [0.2, 0.25) is 0 Å². The lowest BCUT2D eigenvalue weighted by Crippen LogP contribution is -2.29. The Balaban J connectivity index is 1.66. The fourth-order valence-electron chi connectivity index (χ4n) is 2.62. The molecule has 2 amide bonds.